The van der Waals surface area contributed by atoms with Crippen molar-refractivity contribution in [3.05, 3.63) is 23.1 Å². The molecule has 1 N–H and O–H groups in total. The lowest BCUT2D eigenvalue weighted by Gasteiger charge is -2.23. The SMILES string of the molecule is CC(C)c1nc2sc3c(NC4CCCCC4)ncnc3c2c2c1CCCC2. The summed E-state index contributed by atoms with van der Waals surface area (Å²) in [7, 11) is 0. The number of rotatable bonds is 3. The van der Waals surface area contributed by atoms with Crippen molar-refractivity contribution in [2.75, 3.05) is 5.32 Å². The van der Waals surface area contributed by atoms with Gasteiger partial charge in [0.05, 0.1) is 10.2 Å². The Bertz CT molecular complexity index is 985. The van der Waals surface area contributed by atoms with Crippen LogP contribution >= 0.6 is 11.3 Å². The standard InChI is InChI=1S/C22H28N4S/c1-13(2)18-16-11-7-6-10-15(16)17-19-20(27-22(17)26-18)21(24-12-23-19)25-14-8-4-3-5-9-14/h12-14H,3-11H2,1-2H3,(H,23,24,25). The van der Waals surface area contributed by atoms with E-state index in [1.807, 2.05) is 0 Å². The van der Waals surface area contributed by atoms with E-state index in [0.29, 0.717) is 12.0 Å². The number of anilines is 1. The number of hydrogen-bond acceptors (Lipinski definition) is 5. The molecule has 1 fully saturated rings. The molecule has 0 spiro atoms. The monoisotopic (exact) mass is 380 g/mol. The third-order valence-electron chi connectivity index (χ3n) is 6.25. The number of hydrogen-bond donors (Lipinski definition) is 1. The molecule has 0 aliphatic heterocycles. The molecule has 142 valence electrons. The summed E-state index contributed by atoms with van der Waals surface area (Å²) in [6, 6.07) is 0.551. The van der Waals surface area contributed by atoms with Crippen LogP contribution < -0.4 is 5.32 Å². The molecule has 27 heavy (non-hydrogen) atoms. The average molecular weight is 381 g/mol. The summed E-state index contributed by atoms with van der Waals surface area (Å²) >= 11 is 1.78. The van der Waals surface area contributed by atoms with Crippen LogP contribution in [0.4, 0.5) is 5.82 Å². The molecule has 0 saturated heterocycles. The van der Waals surface area contributed by atoms with Crippen LogP contribution in [0.25, 0.3) is 20.4 Å². The van der Waals surface area contributed by atoms with Crippen molar-refractivity contribution >= 4 is 37.6 Å². The molecule has 0 amide bonds. The van der Waals surface area contributed by atoms with Crippen LogP contribution in [0, 0.1) is 0 Å². The molecule has 1 saturated carbocycles. The minimum Gasteiger partial charge on any atom is -0.366 e. The van der Waals surface area contributed by atoms with Crippen molar-refractivity contribution in [1.82, 2.24) is 15.0 Å². The molecule has 2 aliphatic carbocycles. The molecule has 3 aromatic heterocycles. The molecule has 4 nitrogen and oxygen atoms in total. The Labute approximate surface area is 164 Å². The molecular formula is C22H28N4S. The van der Waals surface area contributed by atoms with Crippen LogP contribution in [0.2, 0.25) is 0 Å². The Morgan fingerprint density at radius 2 is 1.78 bits per heavy atom. The first-order chi connectivity index (χ1) is 13.2. The van der Waals surface area contributed by atoms with E-state index in [1.54, 1.807) is 17.7 Å². The average Bonchev–Trinajstić information content (AvgIpc) is 3.08. The second-order valence-electron chi connectivity index (χ2n) is 8.48. The van der Waals surface area contributed by atoms with Gasteiger partial charge in [-0.2, -0.15) is 0 Å². The summed E-state index contributed by atoms with van der Waals surface area (Å²) in [6.45, 7) is 4.54. The van der Waals surface area contributed by atoms with Crippen molar-refractivity contribution in [2.24, 2.45) is 0 Å². The van der Waals surface area contributed by atoms with E-state index >= 15 is 0 Å². The first-order valence-corrected chi connectivity index (χ1v) is 11.4. The molecule has 2 aliphatic rings. The molecule has 0 bridgehead atoms. The zero-order valence-electron chi connectivity index (χ0n) is 16.3. The maximum absolute atomic E-state index is 5.14. The normalized spacial score (nSPS) is 18.3. The van der Waals surface area contributed by atoms with Gasteiger partial charge in [0.1, 0.15) is 17.0 Å². The molecule has 5 heteroatoms. The van der Waals surface area contributed by atoms with Gasteiger partial charge < -0.3 is 5.32 Å². The van der Waals surface area contributed by atoms with E-state index in [-0.39, 0.29) is 0 Å². The zero-order valence-corrected chi connectivity index (χ0v) is 17.2. The van der Waals surface area contributed by atoms with Gasteiger partial charge in [-0.3, -0.25) is 0 Å². The zero-order chi connectivity index (χ0) is 18.4. The quantitative estimate of drug-likeness (QED) is 0.606. The third kappa shape index (κ3) is 3.00. The van der Waals surface area contributed by atoms with Crippen LogP contribution in [0.15, 0.2) is 6.33 Å². The predicted molar refractivity (Wildman–Crippen MR) is 114 cm³/mol. The number of nitrogens with zero attached hydrogens (tertiary/aromatic N) is 3. The third-order valence-corrected chi connectivity index (χ3v) is 7.33. The summed E-state index contributed by atoms with van der Waals surface area (Å²) in [5.41, 5.74) is 5.44. The van der Waals surface area contributed by atoms with E-state index in [2.05, 4.69) is 24.1 Å². The van der Waals surface area contributed by atoms with Gasteiger partial charge in [-0.25, -0.2) is 15.0 Å². The summed E-state index contributed by atoms with van der Waals surface area (Å²) in [6.07, 6.45) is 13.2. The fourth-order valence-electron chi connectivity index (χ4n) is 4.91. The van der Waals surface area contributed by atoms with Crippen molar-refractivity contribution in [2.45, 2.75) is 83.6 Å². The van der Waals surface area contributed by atoms with E-state index < -0.39 is 0 Å². The van der Waals surface area contributed by atoms with Crippen molar-refractivity contribution < 1.29 is 0 Å². The van der Waals surface area contributed by atoms with Crippen molar-refractivity contribution in [1.29, 1.82) is 0 Å². The number of pyridine rings is 1. The number of nitrogens with one attached hydrogen (secondary N) is 1. The number of aryl methyl sites for hydroxylation is 1. The molecule has 0 unspecified atom stereocenters. The van der Waals surface area contributed by atoms with Gasteiger partial charge in [-0.1, -0.05) is 33.1 Å². The first kappa shape index (κ1) is 17.4. The molecular weight excluding hydrogens is 352 g/mol. The maximum atomic E-state index is 5.14. The van der Waals surface area contributed by atoms with Gasteiger partial charge in [0.2, 0.25) is 0 Å². The van der Waals surface area contributed by atoms with Crippen molar-refractivity contribution in [3.8, 4) is 0 Å². The molecule has 0 radical (unpaired) electrons. The minimum absolute atomic E-state index is 0.470. The number of fused-ring (bicyclic) bond motifs is 5. The highest BCUT2D eigenvalue weighted by Crippen LogP contribution is 2.42. The lowest BCUT2D eigenvalue weighted by Crippen LogP contribution is -2.22. The molecule has 5 rings (SSSR count). The Balaban J connectivity index is 1.69. The van der Waals surface area contributed by atoms with Crippen LogP contribution in [-0.4, -0.2) is 21.0 Å². The van der Waals surface area contributed by atoms with E-state index in [1.165, 1.54) is 78.3 Å². The summed E-state index contributed by atoms with van der Waals surface area (Å²) in [5.74, 6) is 1.49. The van der Waals surface area contributed by atoms with E-state index in [9.17, 15) is 0 Å². The largest absolute Gasteiger partial charge is 0.366 e. The topological polar surface area (TPSA) is 50.7 Å². The summed E-state index contributed by atoms with van der Waals surface area (Å²) in [5, 5.41) is 5.04. The summed E-state index contributed by atoms with van der Waals surface area (Å²) in [4.78, 5) is 15.6. The Hall–Kier alpha value is -1.75. The van der Waals surface area contributed by atoms with Crippen LogP contribution in [0.5, 0.6) is 0 Å². The van der Waals surface area contributed by atoms with Crippen LogP contribution in [0.3, 0.4) is 0 Å². The van der Waals surface area contributed by atoms with E-state index in [4.69, 9.17) is 9.97 Å². The first-order valence-electron chi connectivity index (χ1n) is 10.6. The fourth-order valence-corrected chi connectivity index (χ4v) is 6.03. The Morgan fingerprint density at radius 3 is 2.56 bits per heavy atom. The highest BCUT2D eigenvalue weighted by Gasteiger charge is 2.24. The molecule has 0 aromatic carbocycles. The van der Waals surface area contributed by atoms with Gasteiger partial charge in [0.15, 0.2) is 0 Å². The second kappa shape index (κ2) is 7.01. The van der Waals surface area contributed by atoms with Crippen LogP contribution in [0.1, 0.15) is 81.5 Å². The highest BCUT2D eigenvalue weighted by molar-refractivity contribution is 7.26. The lowest BCUT2D eigenvalue weighted by molar-refractivity contribution is 0.462. The lowest BCUT2D eigenvalue weighted by atomic mass is 9.86. The second-order valence-corrected chi connectivity index (χ2v) is 9.48. The molecule has 3 aromatic rings. The molecule has 3 heterocycles. The number of aromatic nitrogens is 3. The van der Waals surface area contributed by atoms with Gasteiger partial charge >= 0.3 is 0 Å². The van der Waals surface area contributed by atoms with Crippen molar-refractivity contribution in [3.63, 3.8) is 0 Å². The Morgan fingerprint density at radius 1 is 1.00 bits per heavy atom. The van der Waals surface area contributed by atoms with E-state index in [0.717, 1.165) is 22.6 Å². The van der Waals surface area contributed by atoms with Gasteiger partial charge in [0, 0.05) is 17.1 Å². The van der Waals surface area contributed by atoms with Crippen LogP contribution in [-0.2, 0) is 12.8 Å². The Kier molecular flexibility index (Phi) is 4.50. The maximum Gasteiger partial charge on any atom is 0.147 e. The highest BCUT2D eigenvalue weighted by atomic mass is 32.1. The van der Waals surface area contributed by atoms with Gasteiger partial charge in [-0.15, -0.1) is 11.3 Å². The number of thiophene rings is 1. The minimum atomic E-state index is 0.470. The fraction of sp³-hybridized carbons (Fsp3) is 0.591. The predicted octanol–water partition coefficient (Wildman–Crippen LogP) is 5.99. The molecule has 0 atom stereocenters. The van der Waals surface area contributed by atoms with Gasteiger partial charge in [0.25, 0.3) is 0 Å². The van der Waals surface area contributed by atoms with Gasteiger partial charge in [-0.05, 0) is 55.6 Å². The smallest absolute Gasteiger partial charge is 0.147 e. The summed E-state index contributed by atoms with van der Waals surface area (Å²) < 4.78 is 1.19.